The maximum absolute atomic E-state index is 14.4. The van der Waals surface area contributed by atoms with Crippen LogP contribution in [0.4, 0.5) is 14.6 Å². The number of carbonyl (C=O) groups excluding carboxylic acids is 2. The molecule has 0 radical (unpaired) electrons. The zero-order valence-electron chi connectivity index (χ0n) is 26.5. The van der Waals surface area contributed by atoms with E-state index in [2.05, 4.69) is 20.9 Å². The van der Waals surface area contributed by atoms with E-state index in [9.17, 15) is 23.6 Å². The molecule has 11 heteroatoms. The van der Waals surface area contributed by atoms with Crippen LogP contribution in [0.5, 0.6) is 5.75 Å². The van der Waals surface area contributed by atoms with Crippen LogP contribution in [-0.2, 0) is 6.54 Å². The minimum atomic E-state index is -0.982. The molecule has 0 N–H and O–H groups in total. The van der Waals surface area contributed by atoms with Gasteiger partial charge >= 0.3 is 0 Å². The van der Waals surface area contributed by atoms with Crippen LogP contribution in [0.3, 0.4) is 0 Å². The van der Waals surface area contributed by atoms with Crippen LogP contribution in [0.25, 0.3) is 0 Å². The maximum Gasteiger partial charge on any atom is 0.275 e. The van der Waals surface area contributed by atoms with Crippen molar-refractivity contribution in [1.82, 2.24) is 19.8 Å². The molecule has 0 aliphatic carbocycles. The molecule has 2 aromatic heterocycles. The molecule has 2 aromatic carbocycles. The number of likely N-dealkylation sites (tertiary alicyclic amines) is 1. The highest BCUT2D eigenvalue weighted by Gasteiger charge is 2.38. The molecule has 0 bridgehead atoms. The zero-order valence-corrected chi connectivity index (χ0v) is 26.5. The van der Waals surface area contributed by atoms with Gasteiger partial charge in [0.2, 0.25) is 0 Å². The minimum Gasteiger partial charge on any atom is -0.492 e. The second-order valence-corrected chi connectivity index (χ2v) is 12.4. The number of aromatic nitrogens is 2. The summed E-state index contributed by atoms with van der Waals surface area (Å²) in [6.07, 6.45) is 5.13. The van der Waals surface area contributed by atoms with Gasteiger partial charge in [-0.2, -0.15) is 5.26 Å². The van der Waals surface area contributed by atoms with E-state index in [0.29, 0.717) is 81.7 Å². The van der Waals surface area contributed by atoms with Gasteiger partial charge in [0, 0.05) is 56.9 Å². The Hall–Kier alpha value is -5.37. The highest BCUT2D eigenvalue weighted by atomic mass is 19.1. The number of piperidine rings is 1. The number of carbonyl (C=O) groups is 2. The van der Waals surface area contributed by atoms with Crippen molar-refractivity contribution in [2.75, 3.05) is 44.2 Å². The number of para-hydroxylation sites is 1. The van der Waals surface area contributed by atoms with Crippen LogP contribution < -0.4 is 9.64 Å². The van der Waals surface area contributed by atoms with Gasteiger partial charge < -0.3 is 19.4 Å². The van der Waals surface area contributed by atoms with Crippen molar-refractivity contribution >= 4 is 17.6 Å². The van der Waals surface area contributed by atoms with Crippen molar-refractivity contribution in [3.05, 3.63) is 119 Å². The summed E-state index contributed by atoms with van der Waals surface area (Å²) >= 11 is 0. The quantitative estimate of drug-likeness (QED) is 0.272. The van der Waals surface area contributed by atoms with Crippen LogP contribution in [0, 0.1) is 28.4 Å². The Kier molecular flexibility index (Phi) is 9.90. The Labute approximate surface area is 278 Å². The largest absolute Gasteiger partial charge is 0.492 e. The molecule has 4 heterocycles. The summed E-state index contributed by atoms with van der Waals surface area (Å²) in [5.41, 5.74) is 1.22. The van der Waals surface area contributed by atoms with Crippen LogP contribution >= 0.6 is 0 Å². The number of nitrogens with zero attached hydrogens (tertiary/aromatic N) is 6. The molecule has 0 unspecified atom stereocenters. The van der Waals surface area contributed by atoms with Gasteiger partial charge in [0.25, 0.3) is 11.8 Å². The SMILES string of the molecule is N#Cc1ccc(N2CCCC3(CCN(C(=O)c4ncc(F)cc4F)CC3)COc3ccccc3C(=O)N(Cc3ccccc3)CC2)nc1. The molecule has 2 aliphatic rings. The first-order valence-corrected chi connectivity index (χ1v) is 16.1. The molecule has 6 rings (SSSR count). The molecular formula is C37H36F2N6O3. The molecule has 2 amide bonds. The third-order valence-electron chi connectivity index (χ3n) is 9.25. The lowest BCUT2D eigenvalue weighted by Crippen LogP contribution is -2.46. The van der Waals surface area contributed by atoms with Crippen molar-refractivity contribution in [2.24, 2.45) is 5.41 Å². The summed E-state index contributed by atoms with van der Waals surface area (Å²) < 4.78 is 34.3. The van der Waals surface area contributed by atoms with Crippen molar-refractivity contribution < 1.29 is 23.1 Å². The molecule has 4 aromatic rings. The Balaban J connectivity index is 1.28. The first-order valence-electron chi connectivity index (χ1n) is 16.1. The van der Waals surface area contributed by atoms with Gasteiger partial charge in [-0.05, 0) is 55.5 Å². The highest BCUT2D eigenvalue weighted by molar-refractivity contribution is 5.97. The van der Waals surface area contributed by atoms with Crippen molar-refractivity contribution in [1.29, 1.82) is 5.26 Å². The molecule has 1 fully saturated rings. The van der Waals surface area contributed by atoms with E-state index in [-0.39, 0.29) is 11.3 Å². The third kappa shape index (κ3) is 7.44. The second-order valence-electron chi connectivity index (χ2n) is 12.4. The van der Waals surface area contributed by atoms with Gasteiger partial charge in [-0.1, -0.05) is 42.5 Å². The summed E-state index contributed by atoms with van der Waals surface area (Å²) in [6, 6.07) is 23.5. The van der Waals surface area contributed by atoms with Gasteiger partial charge in [0.15, 0.2) is 11.5 Å². The van der Waals surface area contributed by atoms with E-state index in [1.165, 1.54) is 0 Å². The van der Waals surface area contributed by atoms with Gasteiger partial charge in [-0.25, -0.2) is 18.7 Å². The van der Waals surface area contributed by atoms with E-state index in [0.717, 1.165) is 30.4 Å². The summed E-state index contributed by atoms with van der Waals surface area (Å²) in [4.78, 5) is 41.2. The van der Waals surface area contributed by atoms with Gasteiger partial charge in [0.05, 0.1) is 23.9 Å². The lowest BCUT2D eigenvalue weighted by Gasteiger charge is -2.42. The number of halogens is 2. The second kappa shape index (κ2) is 14.6. The number of anilines is 1. The molecule has 9 nitrogen and oxygen atoms in total. The summed E-state index contributed by atoms with van der Waals surface area (Å²) in [6.45, 7) is 3.05. The van der Waals surface area contributed by atoms with Gasteiger partial charge in [0.1, 0.15) is 23.5 Å². The predicted octanol–water partition coefficient (Wildman–Crippen LogP) is 5.87. The topological polar surface area (TPSA) is 103 Å². The van der Waals surface area contributed by atoms with Crippen molar-refractivity contribution in [3.8, 4) is 11.8 Å². The highest BCUT2D eigenvalue weighted by Crippen LogP contribution is 2.38. The smallest absolute Gasteiger partial charge is 0.275 e. The molecule has 0 saturated carbocycles. The molecular weight excluding hydrogens is 614 g/mol. The Morgan fingerprint density at radius 1 is 0.896 bits per heavy atom. The lowest BCUT2D eigenvalue weighted by atomic mass is 9.75. The number of rotatable bonds is 4. The normalized spacial score (nSPS) is 16.9. The number of hydrogen-bond donors (Lipinski definition) is 0. The number of pyridine rings is 2. The molecule has 2 aliphatic heterocycles. The van der Waals surface area contributed by atoms with Crippen molar-refractivity contribution in [3.63, 3.8) is 0 Å². The van der Waals surface area contributed by atoms with Gasteiger partial charge in [-0.15, -0.1) is 0 Å². The van der Waals surface area contributed by atoms with E-state index in [1.54, 1.807) is 23.2 Å². The zero-order chi connectivity index (χ0) is 33.5. The number of benzene rings is 2. The van der Waals surface area contributed by atoms with Crippen LogP contribution in [-0.4, -0.2) is 70.9 Å². The average molecular weight is 651 g/mol. The van der Waals surface area contributed by atoms with E-state index in [4.69, 9.17) is 4.74 Å². The summed E-state index contributed by atoms with van der Waals surface area (Å²) in [7, 11) is 0. The van der Waals surface area contributed by atoms with Crippen molar-refractivity contribution in [2.45, 2.75) is 32.2 Å². The Morgan fingerprint density at radius 2 is 1.67 bits per heavy atom. The van der Waals surface area contributed by atoms with Gasteiger partial charge in [-0.3, -0.25) is 9.59 Å². The fourth-order valence-electron chi connectivity index (χ4n) is 6.47. The van der Waals surface area contributed by atoms with Crippen LogP contribution in [0.1, 0.15) is 57.7 Å². The number of amides is 2. The lowest BCUT2D eigenvalue weighted by molar-refractivity contribution is 0.0357. The standard InChI is InChI=1S/C37H36F2N6O3/c38-29-21-31(39)34(42-24-29)36(47)44-17-14-37(15-18-44)13-6-16-43(33-12-11-28(22-40)23-41-33)19-20-45(25-27-7-2-1-3-8-27)35(46)30-9-4-5-10-32(30)48-26-37/h1-5,7-12,21,23-24H,6,13-20,25-26H2. The summed E-state index contributed by atoms with van der Waals surface area (Å²) in [5, 5.41) is 9.32. The fraction of sp³-hybridized carbons (Fsp3) is 0.324. The first kappa shape index (κ1) is 32.6. The number of fused-ring (bicyclic) bond motifs is 1. The number of hydrogen-bond acceptors (Lipinski definition) is 7. The van der Waals surface area contributed by atoms with Crippen LogP contribution in [0.2, 0.25) is 0 Å². The maximum atomic E-state index is 14.4. The molecule has 1 spiro atoms. The molecule has 246 valence electrons. The van der Waals surface area contributed by atoms with E-state index < -0.39 is 23.2 Å². The summed E-state index contributed by atoms with van der Waals surface area (Å²) in [5.74, 6) is -1.32. The Morgan fingerprint density at radius 3 is 2.40 bits per heavy atom. The molecule has 48 heavy (non-hydrogen) atoms. The van der Waals surface area contributed by atoms with E-state index >= 15 is 0 Å². The monoisotopic (exact) mass is 650 g/mol. The average Bonchev–Trinajstić information content (AvgIpc) is 3.12. The molecule has 0 atom stereocenters. The third-order valence-corrected chi connectivity index (χ3v) is 9.25. The van der Waals surface area contributed by atoms with Crippen LogP contribution in [0.15, 0.2) is 85.2 Å². The van der Waals surface area contributed by atoms with E-state index in [1.807, 2.05) is 59.5 Å². The fourth-order valence-corrected chi connectivity index (χ4v) is 6.47. The number of nitriles is 1. The first-order chi connectivity index (χ1) is 23.3. The minimum absolute atomic E-state index is 0.148. The molecule has 1 saturated heterocycles. The number of ether oxygens (including phenoxy) is 1. The Bertz CT molecular complexity index is 1790. The predicted molar refractivity (Wildman–Crippen MR) is 175 cm³/mol.